The fourth-order valence-electron chi connectivity index (χ4n) is 1.94. The normalized spacial score (nSPS) is 15.0. The molecular weight excluding hydrogens is 212 g/mol. The molecule has 1 saturated carbocycles. The van der Waals surface area contributed by atoms with Gasteiger partial charge < -0.3 is 10.6 Å². The minimum atomic E-state index is 0.0344. The zero-order valence-corrected chi connectivity index (χ0v) is 10.5. The number of amidine groups is 1. The average Bonchev–Trinajstić information content (AvgIpc) is 3.09. The SMILES string of the molecule is CC(C)CN(c1cccc(C(=N)N)n1)C1CC1. The number of nitrogens with zero attached hydrogens (tertiary/aromatic N) is 2. The highest BCUT2D eigenvalue weighted by atomic mass is 15.2. The quantitative estimate of drug-likeness (QED) is 0.602. The van der Waals surface area contributed by atoms with E-state index in [9.17, 15) is 0 Å². The Morgan fingerprint density at radius 1 is 1.53 bits per heavy atom. The lowest BCUT2D eigenvalue weighted by atomic mass is 10.2. The van der Waals surface area contributed by atoms with Crippen molar-refractivity contribution in [3.63, 3.8) is 0 Å². The number of hydrogen-bond acceptors (Lipinski definition) is 3. The van der Waals surface area contributed by atoms with Crippen molar-refractivity contribution < 1.29 is 0 Å². The predicted molar refractivity (Wildman–Crippen MR) is 70.5 cm³/mol. The molecule has 0 aromatic carbocycles. The van der Waals surface area contributed by atoms with Crippen molar-refractivity contribution in [2.45, 2.75) is 32.7 Å². The Morgan fingerprint density at radius 2 is 2.24 bits per heavy atom. The molecule has 4 heteroatoms. The van der Waals surface area contributed by atoms with Crippen molar-refractivity contribution in [3.8, 4) is 0 Å². The standard InChI is InChI=1S/C13H20N4/c1-9(2)8-17(10-6-7-10)12-5-3-4-11(16-12)13(14)15/h3-5,9-10H,6-8H2,1-2H3,(H3,14,15). The molecule has 1 fully saturated rings. The van der Waals surface area contributed by atoms with Gasteiger partial charge in [0.15, 0.2) is 0 Å². The second-order valence-electron chi connectivity index (χ2n) is 5.07. The van der Waals surface area contributed by atoms with E-state index in [0.717, 1.165) is 12.4 Å². The minimum Gasteiger partial charge on any atom is -0.382 e. The van der Waals surface area contributed by atoms with Gasteiger partial charge in [0.05, 0.1) is 0 Å². The van der Waals surface area contributed by atoms with Crippen molar-refractivity contribution in [2.24, 2.45) is 11.7 Å². The Bertz CT molecular complexity index is 410. The molecule has 0 aliphatic heterocycles. The molecule has 4 nitrogen and oxygen atoms in total. The molecule has 2 rings (SSSR count). The number of hydrogen-bond donors (Lipinski definition) is 2. The molecule has 1 aliphatic rings. The van der Waals surface area contributed by atoms with Crippen LogP contribution in [0.1, 0.15) is 32.4 Å². The first-order valence-electron chi connectivity index (χ1n) is 6.16. The molecule has 1 heterocycles. The number of aromatic nitrogens is 1. The molecule has 0 unspecified atom stereocenters. The van der Waals surface area contributed by atoms with Crippen molar-refractivity contribution in [1.82, 2.24) is 4.98 Å². The summed E-state index contributed by atoms with van der Waals surface area (Å²) >= 11 is 0. The number of pyridine rings is 1. The van der Waals surface area contributed by atoms with E-state index in [1.807, 2.05) is 12.1 Å². The summed E-state index contributed by atoms with van der Waals surface area (Å²) in [5.74, 6) is 1.60. The van der Waals surface area contributed by atoms with E-state index in [-0.39, 0.29) is 5.84 Å². The summed E-state index contributed by atoms with van der Waals surface area (Å²) in [5, 5.41) is 7.43. The Kier molecular flexibility index (Phi) is 3.31. The van der Waals surface area contributed by atoms with E-state index in [1.165, 1.54) is 12.8 Å². The van der Waals surface area contributed by atoms with Crippen LogP contribution in [0, 0.1) is 11.3 Å². The van der Waals surface area contributed by atoms with Crippen molar-refractivity contribution >= 4 is 11.7 Å². The number of anilines is 1. The Balaban J connectivity index is 2.22. The highest BCUT2D eigenvalue weighted by Gasteiger charge is 2.30. The van der Waals surface area contributed by atoms with Gasteiger partial charge in [-0.05, 0) is 30.9 Å². The molecule has 1 aromatic heterocycles. The molecule has 3 N–H and O–H groups in total. The van der Waals surface area contributed by atoms with E-state index in [2.05, 4.69) is 23.7 Å². The molecule has 92 valence electrons. The van der Waals surface area contributed by atoms with Crippen LogP contribution in [-0.2, 0) is 0 Å². The third-order valence-electron chi connectivity index (χ3n) is 2.85. The minimum absolute atomic E-state index is 0.0344. The Hall–Kier alpha value is -1.58. The molecule has 0 amide bonds. The zero-order valence-electron chi connectivity index (χ0n) is 10.5. The summed E-state index contributed by atoms with van der Waals surface area (Å²) < 4.78 is 0. The summed E-state index contributed by atoms with van der Waals surface area (Å²) in [6.45, 7) is 5.44. The van der Waals surface area contributed by atoms with E-state index >= 15 is 0 Å². The lowest BCUT2D eigenvalue weighted by Crippen LogP contribution is -2.31. The molecule has 0 spiro atoms. The van der Waals surface area contributed by atoms with Gasteiger partial charge in [-0.15, -0.1) is 0 Å². The summed E-state index contributed by atoms with van der Waals surface area (Å²) in [5.41, 5.74) is 6.04. The van der Waals surface area contributed by atoms with Crippen LogP contribution in [0.5, 0.6) is 0 Å². The Morgan fingerprint density at radius 3 is 2.76 bits per heavy atom. The highest BCUT2D eigenvalue weighted by Crippen LogP contribution is 2.31. The van der Waals surface area contributed by atoms with E-state index in [0.29, 0.717) is 17.7 Å². The van der Waals surface area contributed by atoms with Crippen molar-refractivity contribution in [2.75, 3.05) is 11.4 Å². The zero-order chi connectivity index (χ0) is 12.4. The first kappa shape index (κ1) is 11.9. The lowest BCUT2D eigenvalue weighted by Gasteiger charge is -2.25. The molecule has 0 radical (unpaired) electrons. The third kappa shape index (κ3) is 2.96. The van der Waals surface area contributed by atoms with Crippen LogP contribution >= 0.6 is 0 Å². The van der Waals surface area contributed by atoms with Crippen LogP contribution < -0.4 is 10.6 Å². The number of nitrogens with two attached hydrogens (primary N) is 1. The van der Waals surface area contributed by atoms with Crippen LogP contribution in [-0.4, -0.2) is 23.4 Å². The van der Waals surface area contributed by atoms with Crippen LogP contribution in [0.3, 0.4) is 0 Å². The fraction of sp³-hybridized carbons (Fsp3) is 0.538. The molecule has 1 aromatic rings. The smallest absolute Gasteiger partial charge is 0.141 e. The maximum atomic E-state index is 7.43. The van der Waals surface area contributed by atoms with Crippen LogP contribution in [0.4, 0.5) is 5.82 Å². The van der Waals surface area contributed by atoms with Gasteiger partial charge in [0, 0.05) is 12.6 Å². The Labute approximate surface area is 102 Å². The van der Waals surface area contributed by atoms with Gasteiger partial charge in [0.25, 0.3) is 0 Å². The van der Waals surface area contributed by atoms with Gasteiger partial charge in [0.2, 0.25) is 0 Å². The number of nitrogens with one attached hydrogen (secondary N) is 1. The summed E-state index contributed by atoms with van der Waals surface area (Å²) in [6.07, 6.45) is 2.50. The third-order valence-corrected chi connectivity index (χ3v) is 2.85. The van der Waals surface area contributed by atoms with Crippen molar-refractivity contribution in [3.05, 3.63) is 23.9 Å². The molecular formula is C13H20N4. The molecule has 1 aliphatic carbocycles. The van der Waals surface area contributed by atoms with Gasteiger partial charge in [-0.1, -0.05) is 19.9 Å². The van der Waals surface area contributed by atoms with Crippen molar-refractivity contribution in [1.29, 1.82) is 5.41 Å². The summed E-state index contributed by atoms with van der Waals surface area (Å²) in [6, 6.07) is 6.35. The van der Waals surface area contributed by atoms with Gasteiger partial charge in [-0.2, -0.15) is 0 Å². The maximum Gasteiger partial charge on any atom is 0.141 e. The number of nitrogen functional groups attached to an aromatic ring is 1. The maximum absolute atomic E-state index is 7.43. The topological polar surface area (TPSA) is 66.0 Å². The highest BCUT2D eigenvalue weighted by molar-refractivity contribution is 5.93. The molecule has 0 saturated heterocycles. The monoisotopic (exact) mass is 232 g/mol. The van der Waals surface area contributed by atoms with Gasteiger partial charge in [0.1, 0.15) is 17.3 Å². The molecule has 17 heavy (non-hydrogen) atoms. The fourth-order valence-corrected chi connectivity index (χ4v) is 1.94. The van der Waals surface area contributed by atoms with Crippen LogP contribution in [0.25, 0.3) is 0 Å². The first-order valence-corrected chi connectivity index (χ1v) is 6.16. The van der Waals surface area contributed by atoms with E-state index in [4.69, 9.17) is 11.1 Å². The lowest BCUT2D eigenvalue weighted by molar-refractivity contribution is 0.602. The summed E-state index contributed by atoms with van der Waals surface area (Å²) in [7, 11) is 0. The largest absolute Gasteiger partial charge is 0.382 e. The van der Waals surface area contributed by atoms with Gasteiger partial charge in [-0.25, -0.2) is 4.98 Å². The van der Waals surface area contributed by atoms with Crippen LogP contribution in [0.15, 0.2) is 18.2 Å². The van der Waals surface area contributed by atoms with E-state index in [1.54, 1.807) is 6.07 Å². The van der Waals surface area contributed by atoms with Gasteiger partial charge >= 0.3 is 0 Å². The molecule has 0 atom stereocenters. The summed E-state index contributed by atoms with van der Waals surface area (Å²) in [4.78, 5) is 6.81. The molecule has 0 bridgehead atoms. The van der Waals surface area contributed by atoms with E-state index < -0.39 is 0 Å². The first-order chi connectivity index (χ1) is 8.08. The number of rotatable bonds is 5. The second-order valence-corrected chi connectivity index (χ2v) is 5.07. The average molecular weight is 232 g/mol. The predicted octanol–water partition coefficient (Wildman–Crippen LogP) is 1.99. The van der Waals surface area contributed by atoms with Crippen LogP contribution in [0.2, 0.25) is 0 Å². The van der Waals surface area contributed by atoms with Gasteiger partial charge in [-0.3, -0.25) is 5.41 Å². The second kappa shape index (κ2) is 4.73.